The molecule has 24 heavy (non-hydrogen) atoms. The lowest BCUT2D eigenvalue weighted by Gasteiger charge is -2.28. The second-order valence-electron chi connectivity index (χ2n) is 5.83. The van der Waals surface area contributed by atoms with Gasteiger partial charge in [-0.2, -0.15) is 11.8 Å². The Labute approximate surface area is 168 Å². The molecule has 0 radical (unpaired) electrons. The number of hydrogen-bond acceptors (Lipinski definition) is 3. The number of aliphatic imine (C=N–C) groups is 1. The van der Waals surface area contributed by atoms with E-state index < -0.39 is 0 Å². The van der Waals surface area contributed by atoms with Crippen molar-refractivity contribution in [3.63, 3.8) is 0 Å². The number of anilines is 1. The van der Waals surface area contributed by atoms with E-state index in [1.165, 1.54) is 42.0 Å². The topological polar surface area (TPSA) is 39.7 Å². The van der Waals surface area contributed by atoms with Gasteiger partial charge in [-0.05, 0) is 24.1 Å². The number of benzene rings is 1. The minimum atomic E-state index is 0. The summed E-state index contributed by atoms with van der Waals surface area (Å²) in [4.78, 5) is 6.75. The second-order valence-corrected chi connectivity index (χ2v) is 7.05. The van der Waals surface area contributed by atoms with Gasteiger partial charge >= 0.3 is 0 Å². The van der Waals surface area contributed by atoms with Crippen molar-refractivity contribution in [2.24, 2.45) is 4.99 Å². The summed E-state index contributed by atoms with van der Waals surface area (Å²) in [6, 6.07) is 8.91. The predicted octanol–water partition coefficient (Wildman–Crippen LogP) is 3.71. The van der Waals surface area contributed by atoms with Crippen LogP contribution in [-0.4, -0.2) is 44.1 Å². The fourth-order valence-electron chi connectivity index (χ4n) is 2.63. The third kappa shape index (κ3) is 7.51. The van der Waals surface area contributed by atoms with Crippen LogP contribution in [0.1, 0.15) is 31.7 Å². The van der Waals surface area contributed by atoms with Crippen LogP contribution < -0.4 is 15.5 Å². The number of unbranched alkanes of at least 4 members (excludes halogenated alkanes) is 2. The van der Waals surface area contributed by atoms with Gasteiger partial charge in [-0.3, -0.25) is 4.99 Å². The van der Waals surface area contributed by atoms with E-state index in [1.54, 1.807) is 0 Å². The standard InChI is InChI=1S/C18H30N4S.HI/c1-3-4-5-10-20-18(19-2)21-15-16-6-8-17(9-7-16)22-11-13-23-14-12-22;/h6-9H,3-5,10-15H2,1-2H3,(H2,19,20,21);1H. The molecule has 1 aromatic carbocycles. The first-order chi connectivity index (χ1) is 11.3. The fourth-order valence-corrected chi connectivity index (χ4v) is 3.54. The molecule has 1 aliphatic rings. The molecule has 0 aromatic heterocycles. The number of guanidine groups is 1. The number of thioether (sulfide) groups is 1. The maximum Gasteiger partial charge on any atom is 0.191 e. The quantitative estimate of drug-likeness (QED) is 0.281. The highest BCUT2D eigenvalue weighted by atomic mass is 127. The predicted molar refractivity (Wildman–Crippen MR) is 119 cm³/mol. The zero-order chi connectivity index (χ0) is 16.3. The number of nitrogens with one attached hydrogen (secondary N) is 2. The van der Waals surface area contributed by atoms with Crippen molar-refractivity contribution in [2.45, 2.75) is 32.7 Å². The monoisotopic (exact) mass is 462 g/mol. The van der Waals surface area contributed by atoms with Gasteiger partial charge in [0.2, 0.25) is 0 Å². The summed E-state index contributed by atoms with van der Waals surface area (Å²) in [7, 11) is 1.83. The van der Waals surface area contributed by atoms with Crippen molar-refractivity contribution >= 4 is 47.4 Å². The van der Waals surface area contributed by atoms with Crippen LogP contribution in [0.4, 0.5) is 5.69 Å². The molecule has 0 amide bonds. The Hall–Kier alpha value is -0.630. The summed E-state index contributed by atoms with van der Waals surface area (Å²) < 4.78 is 0. The van der Waals surface area contributed by atoms with E-state index in [0.717, 1.165) is 32.1 Å². The summed E-state index contributed by atoms with van der Waals surface area (Å²) in [6.07, 6.45) is 3.70. The Morgan fingerprint density at radius 2 is 1.83 bits per heavy atom. The van der Waals surface area contributed by atoms with Crippen molar-refractivity contribution < 1.29 is 0 Å². The van der Waals surface area contributed by atoms with E-state index in [0.29, 0.717) is 0 Å². The van der Waals surface area contributed by atoms with Gasteiger partial charge in [0.25, 0.3) is 0 Å². The molecule has 1 aromatic rings. The van der Waals surface area contributed by atoms with Crippen LogP contribution in [-0.2, 0) is 6.54 Å². The first-order valence-electron chi connectivity index (χ1n) is 8.69. The number of halogens is 1. The summed E-state index contributed by atoms with van der Waals surface area (Å²) in [5, 5.41) is 6.75. The van der Waals surface area contributed by atoms with Crippen LogP contribution in [0.2, 0.25) is 0 Å². The third-order valence-electron chi connectivity index (χ3n) is 4.07. The van der Waals surface area contributed by atoms with Crippen molar-refractivity contribution in [1.29, 1.82) is 0 Å². The van der Waals surface area contributed by atoms with Crippen molar-refractivity contribution in [3.05, 3.63) is 29.8 Å². The maximum absolute atomic E-state index is 4.28. The SMILES string of the molecule is CCCCCNC(=NC)NCc1ccc(N2CCSCC2)cc1.I. The highest BCUT2D eigenvalue weighted by Gasteiger charge is 2.10. The van der Waals surface area contributed by atoms with E-state index >= 15 is 0 Å². The molecule has 2 rings (SSSR count). The zero-order valence-corrected chi connectivity index (χ0v) is 18.0. The van der Waals surface area contributed by atoms with Crippen LogP contribution in [0.25, 0.3) is 0 Å². The Bertz CT molecular complexity index is 472. The van der Waals surface area contributed by atoms with Gasteiger partial charge in [0.05, 0.1) is 0 Å². The normalized spacial score (nSPS) is 14.9. The fraction of sp³-hybridized carbons (Fsp3) is 0.611. The molecule has 0 atom stereocenters. The van der Waals surface area contributed by atoms with Crippen LogP contribution in [0.15, 0.2) is 29.3 Å². The molecule has 0 spiro atoms. The zero-order valence-electron chi connectivity index (χ0n) is 14.9. The molecule has 0 unspecified atom stereocenters. The molecule has 4 nitrogen and oxygen atoms in total. The van der Waals surface area contributed by atoms with Crippen LogP contribution >= 0.6 is 35.7 Å². The number of hydrogen-bond donors (Lipinski definition) is 2. The Morgan fingerprint density at radius 1 is 1.12 bits per heavy atom. The molecule has 0 bridgehead atoms. The number of nitrogens with zero attached hydrogens (tertiary/aromatic N) is 2. The minimum absolute atomic E-state index is 0. The largest absolute Gasteiger partial charge is 0.370 e. The first-order valence-corrected chi connectivity index (χ1v) is 9.85. The minimum Gasteiger partial charge on any atom is -0.370 e. The summed E-state index contributed by atoms with van der Waals surface area (Å²) >= 11 is 2.05. The van der Waals surface area contributed by atoms with Gasteiger partial charge in [-0.1, -0.05) is 31.9 Å². The Balaban J connectivity index is 0.00000288. The smallest absolute Gasteiger partial charge is 0.191 e. The van der Waals surface area contributed by atoms with Gasteiger partial charge < -0.3 is 15.5 Å². The van der Waals surface area contributed by atoms with Crippen LogP contribution in [0.3, 0.4) is 0 Å². The maximum atomic E-state index is 4.28. The van der Waals surface area contributed by atoms with Crippen LogP contribution in [0, 0.1) is 0 Å². The lowest BCUT2D eigenvalue weighted by molar-refractivity contribution is 0.683. The summed E-state index contributed by atoms with van der Waals surface area (Å²) in [6.45, 7) is 6.34. The van der Waals surface area contributed by atoms with Crippen molar-refractivity contribution in [1.82, 2.24) is 10.6 Å². The third-order valence-corrected chi connectivity index (χ3v) is 5.01. The molecule has 2 N–H and O–H groups in total. The van der Waals surface area contributed by atoms with Gasteiger partial charge in [0.1, 0.15) is 0 Å². The molecule has 1 heterocycles. The van der Waals surface area contributed by atoms with Crippen molar-refractivity contribution in [2.75, 3.05) is 43.1 Å². The van der Waals surface area contributed by atoms with Crippen LogP contribution in [0.5, 0.6) is 0 Å². The number of rotatable bonds is 7. The van der Waals surface area contributed by atoms with E-state index in [1.807, 2.05) is 18.8 Å². The van der Waals surface area contributed by atoms with Crippen molar-refractivity contribution in [3.8, 4) is 0 Å². The van der Waals surface area contributed by atoms with Gasteiger partial charge in [-0.15, -0.1) is 24.0 Å². The average Bonchev–Trinajstić information content (AvgIpc) is 2.62. The van der Waals surface area contributed by atoms with Gasteiger partial charge in [-0.25, -0.2) is 0 Å². The highest BCUT2D eigenvalue weighted by molar-refractivity contribution is 14.0. The lowest BCUT2D eigenvalue weighted by Crippen LogP contribution is -2.37. The van der Waals surface area contributed by atoms with E-state index in [4.69, 9.17) is 0 Å². The Morgan fingerprint density at radius 3 is 2.46 bits per heavy atom. The van der Waals surface area contributed by atoms with E-state index in [-0.39, 0.29) is 24.0 Å². The van der Waals surface area contributed by atoms with Gasteiger partial charge in [0.15, 0.2) is 5.96 Å². The molecular weight excluding hydrogens is 431 g/mol. The summed E-state index contributed by atoms with van der Waals surface area (Å²) in [5.41, 5.74) is 2.63. The van der Waals surface area contributed by atoms with Gasteiger partial charge in [0, 0.05) is 50.4 Å². The highest BCUT2D eigenvalue weighted by Crippen LogP contribution is 2.19. The molecule has 1 aliphatic heterocycles. The molecule has 0 aliphatic carbocycles. The molecule has 136 valence electrons. The first kappa shape index (κ1) is 21.4. The molecule has 1 saturated heterocycles. The average molecular weight is 462 g/mol. The molecule has 6 heteroatoms. The Kier molecular flexibility index (Phi) is 11.3. The molecular formula is C18H31IN4S. The van der Waals surface area contributed by atoms with E-state index in [2.05, 4.69) is 51.7 Å². The second kappa shape index (κ2) is 12.7. The molecule has 0 saturated carbocycles. The van der Waals surface area contributed by atoms with E-state index in [9.17, 15) is 0 Å². The molecule has 1 fully saturated rings. The lowest BCUT2D eigenvalue weighted by atomic mass is 10.2. The summed E-state index contributed by atoms with van der Waals surface area (Å²) in [5.74, 6) is 3.37.